The van der Waals surface area contributed by atoms with Gasteiger partial charge in [-0.15, -0.1) is 0 Å². The van der Waals surface area contributed by atoms with Crippen molar-refractivity contribution in [2.45, 2.75) is 18.6 Å². The van der Waals surface area contributed by atoms with E-state index in [1.165, 1.54) is 12.1 Å². The van der Waals surface area contributed by atoms with Crippen LogP contribution in [0.5, 0.6) is 5.75 Å². The van der Waals surface area contributed by atoms with Gasteiger partial charge in [0.1, 0.15) is 6.04 Å². The number of rotatable bonds is 4. The van der Waals surface area contributed by atoms with E-state index < -0.39 is 36.4 Å². The van der Waals surface area contributed by atoms with E-state index in [-0.39, 0.29) is 18.7 Å². The van der Waals surface area contributed by atoms with E-state index in [2.05, 4.69) is 15.9 Å². The molecule has 1 aromatic rings. The molecule has 1 amide bonds. The van der Waals surface area contributed by atoms with Crippen LogP contribution in [0.4, 0.5) is 4.39 Å². The predicted octanol–water partition coefficient (Wildman–Crippen LogP) is 1.01. The Balaban J connectivity index is 1.99. The lowest BCUT2D eigenvalue weighted by molar-refractivity contribution is -0.149. The zero-order valence-corrected chi connectivity index (χ0v) is 12.4. The van der Waals surface area contributed by atoms with Crippen LogP contribution in [0.15, 0.2) is 22.7 Å². The molecule has 8 heteroatoms. The molecule has 0 spiro atoms. The van der Waals surface area contributed by atoms with Gasteiger partial charge in [0.15, 0.2) is 18.2 Å². The minimum atomic E-state index is -1.19. The number of β-amino-alcohol motifs (C(OH)–C–C–N with tert-alkyl or cyclic N) is 1. The normalized spacial score (nSPS) is 21.4. The number of hydrogen-bond donors (Lipinski definition) is 2. The first-order valence-corrected chi connectivity index (χ1v) is 6.96. The van der Waals surface area contributed by atoms with Crippen LogP contribution in [-0.2, 0) is 9.59 Å². The molecule has 2 rings (SSSR count). The van der Waals surface area contributed by atoms with Gasteiger partial charge in [0.05, 0.1) is 6.10 Å². The lowest BCUT2D eigenvalue weighted by atomic mass is 10.2. The number of aliphatic carboxylic acids is 1. The van der Waals surface area contributed by atoms with Crippen LogP contribution in [0.3, 0.4) is 0 Å². The average molecular weight is 362 g/mol. The van der Waals surface area contributed by atoms with Crippen LogP contribution >= 0.6 is 15.9 Å². The molecule has 1 aliphatic rings. The molecule has 114 valence electrons. The molecule has 1 aromatic carbocycles. The summed E-state index contributed by atoms with van der Waals surface area (Å²) < 4.78 is 19.1. The molecule has 2 atom stereocenters. The fourth-order valence-electron chi connectivity index (χ4n) is 2.14. The van der Waals surface area contributed by atoms with Crippen molar-refractivity contribution in [1.82, 2.24) is 4.90 Å². The summed E-state index contributed by atoms with van der Waals surface area (Å²) in [5.74, 6) is -2.53. The molecule has 0 bridgehead atoms. The van der Waals surface area contributed by atoms with E-state index in [1.807, 2.05) is 0 Å². The van der Waals surface area contributed by atoms with Crippen LogP contribution < -0.4 is 4.74 Å². The molecule has 1 aliphatic heterocycles. The van der Waals surface area contributed by atoms with Crippen molar-refractivity contribution in [3.63, 3.8) is 0 Å². The molecule has 1 saturated heterocycles. The Kier molecular flexibility index (Phi) is 4.79. The van der Waals surface area contributed by atoms with Gasteiger partial charge in [-0.1, -0.05) is 15.9 Å². The molecular formula is C13H13BrFNO5. The summed E-state index contributed by atoms with van der Waals surface area (Å²) in [5, 5.41) is 18.5. The van der Waals surface area contributed by atoms with Crippen molar-refractivity contribution in [3.05, 3.63) is 28.5 Å². The number of benzene rings is 1. The van der Waals surface area contributed by atoms with Crippen LogP contribution in [0, 0.1) is 5.82 Å². The van der Waals surface area contributed by atoms with Gasteiger partial charge in [-0.2, -0.15) is 0 Å². The van der Waals surface area contributed by atoms with Crippen molar-refractivity contribution in [1.29, 1.82) is 0 Å². The van der Waals surface area contributed by atoms with Gasteiger partial charge in [-0.05, 0) is 18.2 Å². The highest BCUT2D eigenvalue weighted by Crippen LogP contribution is 2.22. The maximum atomic E-state index is 13.5. The molecule has 0 aromatic heterocycles. The average Bonchev–Trinajstić information content (AvgIpc) is 2.80. The number of carboxylic acid groups (broad SMARTS) is 1. The summed E-state index contributed by atoms with van der Waals surface area (Å²) >= 11 is 3.10. The van der Waals surface area contributed by atoms with Crippen molar-refractivity contribution < 1.29 is 28.9 Å². The zero-order valence-electron chi connectivity index (χ0n) is 10.8. The van der Waals surface area contributed by atoms with Crippen molar-refractivity contribution in [2.75, 3.05) is 13.2 Å². The number of halogens is 2. The molecule has 0 aliphatic carbocycles. The minimum absolute atomic E-state index is 0.0201. The Morgan fingerprint density at radius 1 is 1.48 bits per heavy atom. The van der Waals surface area contributed by atoms with Crippen LogP contribution in [0.25, 0.3) is 0 Å². The monoisotopic (exact) mass is 361 g/mol. The number of hydrogen-bond acceptors (Lipinski definition) is 4. The highest BCUT2D eigenvalue weighted by atomic mass is 79.9. The Hall–Kier alpha value is -1.67. The van der Waals surface area contributed by atoms with Gasteiger partial charge in [-0.25, -0.2) is 9.18 Å². The Labute approximate surface area is 128 Å². The molecule has 2 unspecified atom stereocenters. The number of aliphatic hydroxyl groups is 1. The quantitative estimate of drug-likeness (QED) is 0.835. The largest absolute Gasteiger partial charge is 0.481 e. The molecule has 0 radical (unpaired) electrons. The smallest absolute Gasteiger partial charge is 0.326 e. The topological polar surface area (TPSA) is 87.1 Å². The molecule has 2 N–H and O–H groups in total. The molecular weight excluding hydrogens is 349 g/mol. The second kappa shape index (κ2) is 6.40. The number of nitrogens with zero attached hydrogens (tertiary/aromatic N) is 1. The Bertz CT molecular complexity index is 567. The number of aliphatic hydroxyl groups excluding tert-OH is 1. The number of carboxylic acids is 1. The third-order valence-electron chi connectivity index (χ3n) is 3.13. The van der Waals surface area contributed by atoms with Crippen LogP contribution in [0.1, 0.15) is 6.42 Å². The van der Waals surface area contributed by atoms with E-state index >= 15 is 0 Å². The van der Waals surface area contributed by atoms with E-state index in [0.717, 1.165) is 4.90 Å². The minimum Gasteiger partial charge on any atom is -0.481 e. The second-order valence-electron chi connectivity index (χ2n) is 4.65. The summed E-state index contributed by atoms with van der Waals surface area (Å²) in [5.41, 5.74) is 0. The number of ether oxygens (including phenoxy) is 1. The van der Waals surface area contributed by atoms with Crippen molar-refractivity contribution in [3.8, 4) is 5.75 Å². The fraction of sp³-hybridized carbons (Fsp3) is 0.385. The molecule has 6 nitrogen and oxygen atoms in total. The number of carbonyl (C=O) groups is 2. The molecule has 1 fully saturated rings. The highest BCUT2D eigenvalue weighted by molar-refractivity contribution is 9.10. The van der Waals surface area contributed by atoms with Crippen molar-refractivity contribution >= 4 is 27.8 Å². The van der Waals surface area contributed by atoms with Crippen LogP contribution in [-0.4, -0.2) is 52.3 Å². The third kappa shape index (κ3) is 3.70. The Morgan fingerprint density at radius 3 is 2.81 bits per heavy atom. The maximum Gasteiger partial charge on any atom is 0.326 e. The van der Waals surface area contributed by atoms with Gasteiger partial charge in [-0.3, -0.25) is 4.79 Å². The van der Waals surface area contributed by atoms with E-state index in [4.69, 9.17) is 9.84 Å². The lowest BCUT2D eigenvalue weighted by Gasteiger charge is -2.21. The summed E-state index contributed by atoms with van der Waals surface area (Å²) in [6.45, 7) is -0.558. The maximum absolute atomic E-state index is 13.5. The first kappa shape index (κ1) is 15.7. The van der Waals surface area contributed by atoms with E-state index in [0.29, 0.717) is 4.47 Å². The summed E-state index contributed by atoms with van der Waals surface area (Å²) in [4.78, 5) is 24.0. The summed E-state index contributed by atoms with van der Waals surface area (Å²) in [6.07, 6.45) is -0.896. The lowest BCUT2D eigenvalue weighted by Crippen LogP contribution is -2.43. The van der Waals surface area contributed by atoms with Gasteiger partial charge in [0.25, 0.3) is 5.91 Å². The zero-order chi connectivity index (χ0) is 15.6. The van der Waals surface area contributed by atoms with Gasteiger partial charge in [0.2, 0.25) is 0 Å². The SMILES string of the molecule is O=C(O)C1CC(O)CN1C(=O)COc1ccc(Br)cc1F. The van der Waals surface area contributed by atoms with E-state index in [1.54, 1.807) is 6.07 Å². The molecule has 21 heavy (non-hydrogen) atoms. The third-order valence-corrected chi connectivity index (χ3v) is 3.62. The van der Waals surface area contributed by atoms with Crippen LogP contribution in [0.2, 0.25) is 0 Å². The van der Waals surface area contributed by atoms with Gasteiger partial charge < -0.3 is 19.8 Å². The molecule has 1 heterocycles. The highest BCUT2D eigenvalue weighted by Gasteiger charge is 2.38. The fourth-order valence-corrected chi connectivity index (χ4v) is 2.47. The number of amides is 1. The van der Waals surface area contributed by atoms with Gasteiger partial charge in [0, 0.05) is 17.4 Å². The summed E-state index contributed by atoms with van der Waals surface area (Å²) in [7, 11) is 0. The first-order valence-electron chi connectivity index (χ1n) is 6.16. The standard InChI is InChI=1S/C13H13BrFNO5/c14-7-1-2-11(9(15)3-7)21-6-12(18)16-5-8(17)4-10(16)13(19)20/h1-3,8,10,17H,4-6H2,(H,19,20). The predicted molar refractivity (Wildman–Crippen MR) is 73.4 cm³/mol. The summed E-state index contributed by atoms with van der Waals surface area (Å²) in [6, 6.07) is 3.04. The first-order chi connectivity index (χ1) is 9.88. The number of carbonyl (C=O) groups excluding carboxylic acids is 1. The van der Waals surface area contributed by atoms with Crippen molar-refractivity contribution in [2.24, 2.45) is 0 Å². The Morgan fingerprint density at radius 2 is 2.19 bits per heavy atom. The molecule has 0 saturated carbocycles. The second-order valence-corrected chi connectivity index (χ2v) is 5.57. The number of likely N-dealkylation sites (tertiary alicyclic amines) is 1. The van der Waals surface area contributed by atoms with Gasteiger partial charge >= 0.3 is 5.97 Å². The van der Waals surface area contributed by atoms with E-state index in [9.17, 15) is 19.1 Å².